The Hall–Kier alpha value is -0.893. The van der Waals surface area contributed by atoms with Crippen LogP contribution in [0.15, 0.2) is 12.3 Å². The van der Waals surface area contributed by atoms with Crippen molar-refractivity contribution in [2.75, 3.05) is 21.3 Å². The molecule has 0 aromatic carbocycles. The number of carbonyl (C=O) groups excluding carboxylic acids is 1. The lowest BCUT2D eigenvalue weighted by atomic mass is 10.5. The molecule has 0 amide bonds. The van der Waals surface area contributed by atoms with Gasteiger partial charge in [0, 0.05) is 33.6 Å². The fourth-order valence-corrected chi connectivity index (χ4v) is 3.36. The summed E-state index contributed by atoms with van der Waals surface area (Å²) in [6.07, 6.45) is 2.78. The Balaban J connectivity index is 4.74. The minimum atomic E-state index is -2.96. The van der Waals surface area contributed by atoms with Gasteiger partial charge in [0.2, 0.25) is 0 Å². The smallest absolute Gasteiger partial charge is 0.455 e. The first-order chi connectivity index (χ1) is 7.60. The lowest BCUT2D eigenvalue weighted by Gasteiger charge is -2.30. The predicted octanol–water partition coefficient (Wildman–Crippen LogP) is 0.198. The predicted molar refractivity (Wildman–Crippen MR) is 60.3 cm³/mol. The molecular weight excluding hydrogens is 230 g/mol. The minimum absolute atomic E-state index is 0.534. The quantitative estimate of drug-likeness (QED) is 0.394. The maximum atomic E-state index is 11.3. The van der Waals surface area contributed by atoms with Crippen molar-refractivity contribution >= 4 is 14.8 Å². The lowest BCUT2D eigenvalue weighted by Crippen LogP contribution is -2.55. The van der Waals surface area contributed by atoms with Crippen LogP contribution in [0.4, 0.5) is 0 Å². The number of hydrogen-bond donors (Lipinski definition) is 1. The number of carbonyl (C=O) groups is 1. The molecule has 0 heterocycles. The van der Waals surface area contributed by atoms with Gasteiger partial charge in [-0.15, -0.1) is 0 Å². The highest BCUT2D eigenvalue weighted by Crippen LogP contribution is 2.18. The first-order valence-electron chi connectivity index (χ1n) is 4.84. The van der Waals surface area contributed by atoms with Crippen LogP contribution in [0.1, 0.15) is 13.3 Å². The van der Waals surface area contributed by atoms with Crippen molar-refractivity contribution in [2.45, 2.75) is 19.1 Å². The molecule has 2 N–H and O–H groups in total. The number of rotatable bonds is 7. The van der Waals surface area contributed by atoms with E-state index in [1.165, 1.54) is 21.3 Å². The van der Waals surface area contributed by atoms with Gasteiger partial charge in [-0.25, -0.2) is 4.79 Å². The molecular formula is C9H19NO5Si. The highest BCUT2D eigenvalue weighted by Gasteiger charge is 2.49. The summed E-state index contributed by atoms with van der Waals surface area (Å²) in [7, 11) is 1.44. The zero-order valence-electron chi connectivity index (χ0n) is 10.1. The van der Waals surface area contributed by atoms with E-state index in [9.17, 15) is 4.79 Å². The lowest BCUT2D eigenvalue weighted by molar-refractivity contribution is -0.142. The van der Waals surface area contributed by atoms with Crippen LogP contribution in [0.3, 0.4) is 0 Å². The van der Waals surface area contributed by atoms with Crippen LogP contribution in [-0.4, -0.2) is 41.8 Å². The van der Waals surface area contributed by atoms with Crippen LogP contribution in [-0.2, 0) is 22.8 Å². The second kappa shape index (κ2) is 7.39. The minimum Gasteiger partial charge on any atom is -0.455 e. The van der Waals surface area contributed by atoms with Crippen LogP contribution in [0.5, 0.6) is 0 Å². The van der Waals surface area contributed by atoms with E-state index in [1.807, 2.05) is 6.92 Å². The summed E-state index contributed by atoms with van der Waals surface area (Å²) in [5.41, 5.74) is 4.54. The van der Waals surface area contributed by atoms with Crippen molar-refractivity contribution in [3.63, 3.8) is 0 Å². The molecule has 0 saturated carbocycles. The van der Waals surface area contributed by atoms with Crippen LogP contribution < -0.4 is 5.73 Å². The molecule has 94 valence electrons. The number of ether oxygens (including phenoxy) is 1. The Labute approximate surface area is 96.7 Å². The summed E-state index contributed by atoms with van der Waals surface area (Å²) < 4.78 is 20.8. The first-order valence-corrected chi connectivity index (χ1v) is 6.64. The van der Waals surface area contributed by atoms with Crippen molar-refractivity contribution in [3.8, 4) is 0 Å². The molecule has 0 aliphatic heterocycles. The van der Waals surface area contributed by atoms with E-state index in [1.54, 1.807) is 0 Å². The topological polar surface area (TPSA) is 80.0 Å². The summed E-state index contributed by atoms with van der Waals surface area (Å²) in [4.78, 5) is 11.3. The highest BCUT2D eigenvalue weighted by atomic mass is 28.4. The van der Waals surface area contributed by atoms with E-state index in [0.717, 1.165) is 12.3 Å². The van der Waals surface area contributed by atoms with E-state index in [-0.39, 0.29) is 0 Å². The molecule has 1 atom stereocenters. The van der Waals surface area contributed by atoms with Crippen LogP contribution in [0, 0.1) is 0 Å². The average molecular weight is 249 g/mol. The first kappa shape index (κ1) is 15.1. The maximum absolute atomic E-state index is 11.3. The number of esters is 1. The third kappa shape index (κ3) is 3.60. The molecule has 0 aromatic heterocycles. The maximum Gasteiger partial charge on any atom is 0.543 e. The Bertz CT molecular complexity index is 234. The van der Waals surface area contributed by atoms with Gasteiger partial charge >= 0.3 is 14.8 Å². The fraction of sp³-hybridized carbons (Fsp3) is 0.667. The third-order valence-electron chi connectivity index (χ3n) is 2.11. The molecule has 0 aliphatic rings. The molecule has 1 unspecified atom stereocenters. The van der Waals surface area contributed by atoms with Gasteiger partial charge in [0.15, 0.2) is 5.73 Å². The number of hydrogen-bond acceptors (Lipinski definition) is 6. The zero-order chi connectivity index (χ0) is 12.6. The van der Waals surface area contributed by atoms with Crippen molar-refractivity contribution < 1.29 is 22.8 Å². The average Bonchev–Trinajstić information content (AvgIpc) is 2.30. The van der Waals surface area contributed by atoms with Gasteiger partial charge in [0.05, 0.1) is 0 Å². The molecule has 0 aliphatic carbocycles. The largest absolute Gasteiger partial charge is 0.543 e. The highest BCUT2D eigenvalue weighted by molar-refractivity contribution is 6.62. The van der Waals surface area contributed by atoms with Gasteiger partial charge < -0.3 is 23.7 Å². The third-order valence-corrected chi connectivity index (χ3v) is 5.13. The molecule has 16 heavy (non-hydrogen) atoms. The summed E-state index contributed by atoms with van der Waals surface area (Å²) in [5, 5.41) is 0. The molecule has 0 saturated heterocycles. The van der Waals surface area contributed by atoms with Crippen molar-refractivity contribution in [1.29, 1.82) is 0 Å². The van der Waals surface area contributed by atoms with Crippen molar-refractivity contribution in [3.05, 3.63) is 12.3 Å². The SMILES string of the molecule is CCC(OC(=O)C=CN)[Si](OC)(OC)OC. The zero-order valence-corrected chi connectivity index (χ0v) is 11.1. The summed E-state index contributed by atoms with van der Waals surface area (Å²) in [5.74, 6) is -0.544. The Kier molecular flexibility index (Phi) is 6.98. The van der Waals surface area contributed by atoms with E-state index < -0.39 is 20.5 Å². The van der Waals surface area contributed by atoms with Crippen molar-refractivity contribution in [2.24, 2.45) is 5.73 Å². The van der Waals surface area contributed by atoms with Gasteiger partial charge in [-0.1, -0.05) is 6.92 Å². The summed E-state index contributed by atoms with van der Waals surface area (Å²) in [6, 6.07) is 0. The molecule has 0 aromatic rings. The van der Waals surface area contributed by atoms with Gasteiger partial charge in [-0.3, -0.25) is 0 Å². The van der Waals surface area contributed by atoms with Gasteiger partial charge in [-0.2, -0.15) is 0 Å². The van der Waals surface area contributed by atoms with Crippen LogP contribution >= 0.6 is 0 Å². The second-order valence-corrected chi connectivity index (χ2v) is 5.98. The standard InChI is InChI=1S/C9H19NO5Si/c1-5-9(15-8(11)6-7-10)16(12-2,13-3)14-4/h6-7,9H,5,10H2,1-4H3. The molecule has 0 rings (SSSR count). The normalized spacial score (nSPS) is 14.0. The molecule has 7 heteroatoms. The van der Waals surface area contributed by atoms with E-state index in [0.29, 0.717) is 6.42 Å². The van der Waals surface area contributed by atoms with Gasteiger partial charge in [0.1, 0.15) is 0 Å². The van der Waals surface area contributed by atoms with Crippen LogP contribution in [0.25, 0.3) is 0 Å². The fourth-order valence-electron chi connectivity index (χ4n) is 1.31. The molecule has 0 radical (unpaired) electrons. The second-order valence-electron chi connectivity index (χ2n) is 2.91. The number of nitrogens with two attached hydrogens (primary N) is 1. The van der Waals surface area contributed by atoms with Crippen LogP contribution in [0.2, 0.25) is 0 Å². The summed E-state index contributed by atoms with van der Waals surface area (Å²) >= 11 is 0. The van der Waals surface area contributed by atoms with E-state index in [4.69, 9.17) is 23.7 Å². The Morgan fingerprint density at radius 3 is 2.12 bits per heavy atom. The Morgan fingerprint density at radius 2 is 1.81 bits per heavy atom. The van der Waals surface area contributed by atoms with Crippen molar-refractivity contribution in [1.82, 2.24) is 0 Å². The Morgan fingerprint density at radius 1 is 1.31 bits per heavy atom. The molecule has 6 nitrogen and oxygen atoms in total. The molecule has 0 fully saturated rings. The van der Waals surface area contributed by atoms with E-state index in [2.05, 4.69) is 0 Å². The van der Waals surface area contributed by atoms with E-state index >= 15 is 0 Å². The van der Waals surface area contributed by atoms with Gasteiger partial charge in [-0.05, 0) is 6.42 Å². The monoisotopic (exact) mass is 249 g/mol. The molecule has 0 bridgehead atoms. The molecule has 0 spiro atoms. The summed E-state index contributed by atoms with van der Waals surface area (Å²) in [6.45, 7) is 1.85. The van der Waals surface area contributed by atoms with Gasteiger partial charge in [0.25, 0.3) is 0 Å².